The summed E-state index contributed by atoms with van der Waals surface area (Å²) in [5, 5.41) is 10.9. The number of allylic oxidation sites excluding steroid dienone is 2. The molecule has 5 heteroatoms. The molecule has 5 nitrogen and oxygen atoms in total. The van der Waals surface area contributed by atoms with Crippen LogP contribution in [0.15, 0.2) is 23.8 Å². The van der Waals surface area contributed by atoms with Crippen molar-refractivity contribution in [1.82, 2.24) is 0 Å². The van der Waals surface area contributed by atoms with Crippen molar-refractivity contribution in [2.75, 3.05) is 0 Å². The molecule has 4 aliphatic rings. The van der Waals surface area contributed by atoms with E-state index < -0.39 is 23.8 Å². The molecule has 0 spiro atoms. The van der Waals surface area contributed by atoms with E-state index in [1.54, 1.807) is 0 Å². The SMILES string of the molecule is C=C1C(=O)O[C@@H]2[C@H]1C[C@@H]1O[C@]1(C)CC/C=C(\C)CC[C@@H]1O[C@]1(C)[C@H]2O. The summed E-state index contributed by atoms with van der Waals surface area (Å²) < 4.78 is 17.3. The Morgan fingerprint density at radius 1 is 1.28 bits per heavy atom. The van der Waals surface area contributed by atoms with Gasteiger partial charge in [0.1, 0.15) is 17.8 Å². The molecule has 25 heavy (non-hydrogen) atoms. The second kappa shape index (κ2) is 5.66. The number of hydrogen-bond donors (Lipinski definition) is 1. The molecule has 0 unspecified atom stereocenters. The zero-order valence-corrected chi connectivity index (χ0v) is 15.3. The fourth-order valence-corrected chi connectivity index (χ4v) is 4.50. The van der Waals surface area contributed by atoms with Gasteiger partial charge in [-0.3, -0.25) is 0 Å². The van der Waals surface area contributed by atoms with E-state index in [1.807, 2.05) is 6.92 Å². The Labute approximate surface area is 149 Å². The van der Waals surface area contributed by atoms with Crippen molar-refractivity contribution in [1.29, 1.82) is 0 Å². The maximum Gasteiger partial charge on any atom is 0.334 e. The number of carbonyl (C=O) groups is 1. The molecule has 0 aromatic rings. The number of hydrogen-bond acceptors (Lipinski definition) is 5. The molecule has 7 atom stereocenters. The van der Waals surface area contributed by atoms with Crippen LogP contribution in [0.4, 0.5) is 0 Å². The lowest BCUT2D eigenvalue weighted by Crippen LogP contribution is -2.43. The van der Waals surface area contributed by atoms with Gasteiger partial charge in [0, 0.05) is 11.5 Å². The molecule has 3 heterocycles. The fraction of sp³-hybridized carbons (Fsp3) is 0.750. The van der Waals surface area contributed by atoms with Crippen LogP contribution in [0.3, 0.4) is 0 Å². The zero-order valence-electron chi connectivity index (χ0n) is 15.3. The first kappa shape index (κ1) is 17.3. The van der Waals surface area contributed by atoms with Gasteiger partial charge in [0.2, 0.25) is 0 Å². The van der Waals surface area contributed by atoms with Crippen molar-refractivity contribution in [3.63, 3.8) is 0 Å². The van der Waals surface area contributed by atoms with E-state index in [4.69, 9.17) is 14.2 Å². The number of aliphatic hydroxyl groups excluding tert-OH is 1. The number of epoxide rings is 2. The van der Waals surface area contributed by atoms with Crippen LogP contribution in [0.1, 0.15) is 52.9 Å². The van der Waals surface area contributed by atoms with Gasteiger partial charge >= 0.3 is 5.97 Å². The summed E-state index contributed by atoms with van der Waals surface area (Å²) in [6, 6.07) is 0. The van der Waals surface area contributed by atoms with Crippen LogP contribution in [0.25, 0.3) is 0 Å². The number of aliphatic hydroxyl groups is 1. The van der Waals surface area contributed by atoms with Crippen molar-refractivity contribution >= 4 is 5.97 Å². The molecule has 3 saturated heterocycles. The Bertz CT molecular complexity index is 640. The molecule has 0 saturated carbocycles. The zero-order chi connectivity index (χ0) is 18.0. The van der Waals surface area contributed by atoms with Gasteiger partial charge in [-0.2, -0.15) is 0 Å². The minimum atomic E-state index is -0.845. The lowest BCUT2D eigenvalue weighted by atomic mass is 9.81. The highest BCUT2D eigenvalue weighted by molar-refractivity contribution is 5.90. The number of esters is 1. The molecule has 3 aliphatic heterocycles. The number of carbonyl (C=O) groups excluding carboxylic acids is 1. The normalized spacial score (nSPS) is 52.0. The Balaban J connectivity index is 1.59. The predicted octanol–water partition coefficient (Wildman–Crippen LogP) is 2.67. The fourth-order valence-electron chi connectivity index (χ4n) is 4.50. The summed E-state index contributed by atoms with van der Waals surface area (Å²) in [5.41, 5.74) is 1.01. The van der Waals surface area contributed by atoms with E-state index >= 15 is 0 Å². The van der Waals surface area contributed by atoms with Gasteiger partial charge in [-0.15, -0.1) is 0 Å². The molecular formula is C20H28O5. The van der Waals surface area contributed by atoms with Gasteiger partial charge in [-0.05, 0) is 52.9 Å². The third kappa shape index (κ3) is 2.86. The summed E-state index contributed by atoms with van der Waals surface area (Å²) in [7, 11) is 0. The number of ether oxygens (including phenoxy) is 3. The third-order valence-electron chi connectivity index (χ3n) is 6.66. The minimum absolute atomic E-state index is 0.00412. The molecule has 0 radical (unpaired) electrons. The van der Waals surface area contributed by atoms with Gasteiger partial charge in [0.15, 0.2) is 0 Å². The van der Waals surface area contributed by atoms with E-state index in [2.05, 4.69) is 26.5 Å². The lowest BCUT2D eigenvalue weighted by molar-refractivity contribution is -0.146. The second-order valence-corrected chi connectivity index (χ2v) is 8.52. The van der Waals surface area contributed by atoms with E-state index in [1.165, 1.54) is 5.57 Å². The van der Waals surface area contributed by atoms with Gasteiger partial charge in [0.05, 0.1) is 17.8 Å². The molecule has 0 amide bonds. The molecule has 138 valence electrons. The van der Waals surface area contributed by atoms with E-state index in [0.29, 0.717) is 12.0 Å². The van der Waals surface area contributed by atoms with Gasteiger partial charge in [0.25, 0.3) is 0 Å². The monoisotopic (exact) mass is 348 g/mol. The Hall–Kier alpha value is -1.17. The smallest absolute Gasteiger partial charge is 0.334 e. The summed E-state index contributed by atoms with van der Waals surface area (Å²) in [5.74, 6) is -0.616. The van der Waals surface area contributed by atoms with Crippen molar-refractivity contribution < 1.29 is 24.1 Å². The summed E-state index contributed by atoms with van der Waals surface area (Å²) in [6.07, 6.45) is 5.38. The quantitative estimate of drug-likeness (QED) is 0.315. The van der Waals surface area contributed by atoms with Crippen molar-refractivity contribution in [2.24, 2.45) is 5.92 Å². The van der Waals surface area contributed by atoms with Crippen LogP contribution in [0.2, 0.25) is 0 Å². The standard InChI is InChI=1S/C20H28O5/c1-11-6-5-9-19(3)15(24-19)10-13-12(2)18(22)23-16(13)17(21)20(4)14(25-20)8-7-11/h6,13-17,21H,2,5,7-10H2,1,3-4H3/b11-6+/t13-,14-,15-,16+,17-,19+,20-/m0/s1. The van der Waals surface area contributed by atoms with Gasteiger partial charge in [-0.1, -0.05) is 18.2 Å². The highest BCUT2D eigenvalue weighted by Gasteiger charge is 2.63. The average molecular weight is 348 g/mol. The number of fused-ring (bicyclic) bond motifs is 3. The summed E-state index contributed by atoms with van der Waals surface area (Å²) in [6.45, 7) is 10.1. The summed E-state index contributed by atoms with van der Waals surface area (Å²) in [4.78, 5) is 12.1. The summed E-state index contributed by atoms with van der Waals surface area (Å²) >= 11 is 0. The first-order valence-electron chi connectivity index (χ1n) is 9.34. The van der Waals surface area contributed by atoms with Crippen LogP contribution in [0, 0.1) is 5.92 Å². The maximum atomic E-state index is 12.1. The van der Waals surface area contributed by atoms with Crippen LogP contribution in [-0.2, 0) is 19.0 Å². The predicted molar refractivity (Wildman–Crippen MR) is 91.9 cm³/mol. The molecule has 0 bridgehead atoms. The van der Waals surface area contributed by atoms with E-state index in [-0.39, 0.29) is 23.7 Å². The molecule has 0 aromatic carbocycles. The molecule has 4 rings (SSSR count). The third-order valence-corrected chi connectivity index (χ3v) is 6.66. The first-order valence-corrected chi connectivity index (χ1v) is 9.34. The maximum absolute atomic E-state index is 12.1. The lowest BCUT2D eigenvalue weighted by Gasteiger charge is -2.26. The van der Waals surface area contributed by atoms with Gasteiger partial charge in [-0.25, -0.2) is 4.79 Å². The molecule has 3 fully saturated rings. The second-order valence-electron chi connectivity index (χ2n) is 8.52. The van der Waals surface area contributed by atoms with Crippen LogP contribution in [0.5, 0.6) is 0 Å². The van der Waals surface area contributed by atoms with E-state index in [0.717, 1.165) is 25.7 Å². The Morgan fingerprint density at radius 2 is 2.04 bits per heavy atom. The molecule has 1 N–H and O–H groups in total. The Kier molecular flexibility index (Phi) is 3.91. The minimum Gasteiger partial charge on any atom is -0.455 e. The highest BCUT2D eigenvalue weighted by Crippen LogP contribution is 2.51. The first-order chi connectivity index (χ1) is 11.7. The van der Waals surface area contributed by atoms with E-state index in [9.17, 15) is 9.90 Å². The Morgan fingerprint density at radius 3 is 2.80 bits per heavy atom. The molecule has 1 aliphatic carbocycles. The molecule has 0 aromatic heterocycles. The number of rotatable bonds is 0. The molecular weight excluding hydrogens is 320 g/mol. The van der Waals surface area contributed by atoms with Gasteiger partial charge < -0.3 is 19.3 Å². The van der Waals surface area contributed by atoms with Crippen molar-refractivity contribution in [3.05, 3.63) is 23.8 Å². The van der Waals surface area contributed by atoms with Crippen LogP contribution < -0.4 is 0 Å². The highest BCUT2D eigenvalue weighted by atomic mass is 16.6. The topological polar surface area (TPSA) is 71.6 Å². The van der Waals surface area contributed by atoms with Crippen LogP contribution >= 0.6 is 0 Å². The van der Waals surface area contributed by atoms with Crippen LogP contribution in [-0.4, -0.2) is 46.7 Å². The van der Waals surface area contributed by atoms with Crippen molar-refractivity contribution in [2.45, 2.75) is 88.5 Å². The van der Waals surface area contributed by atoms with Crippen molar-refractivity contribution in [3.8, 4) is 0 Å². The largest absolute Gasteiger partial charge is 0.455 e. The average Bonchev–Trinajstić information content (AvgIpc) is 3.39.